The Morgan fingerprint density at radius 3 is 2.62 bits per heavy atom. The lowest BCUT2D eigenvalue weighted by molar-refractivity contribution is 0.324. The number of fused-ring (bicyclic) bond motifs is 1. The van der Waals surface area contributed by atoms with Crippen LogP contribution in [0.15, 0.2) is 34.4 Å². The van der Waals surface area contributed by atoms with E-state index in [-0.39, 0.29) is 5.56 Å². The third kappa shape index (κ3) is 3.15. The number of hydrogen-bond donors (Lipinski definition) is 0. The number of benzene rings is 1. The van der Waals surface area contributed by atoms with Crippen molar-refractivity contribution in [1.82, 2.24) is 9.66 Å². The maximum Gasteiger partial charge on any atom is 0.282 e. The van der Waals surface area contributed by atoms with E-state index in [0.29, 0.717) is 28.2 Å². The zero-order valence-corrected chi connectivity index (χ0v) is 15.8. The number of ether oxygens (including phenoxy) is 3. The number of thiophene rings is 1. The average molecular weight is 373 g/mol. The summed E-state index contributed by atoms with van der Waals surface area (Å²) in [5.41, 5.74) is 0.443. The van der Waals surface area contributed by atoms with Gasteiger partial charge in [0.15, 0.2) is 11.5 Å². The Morgan fingerprint density at radius 2 is 1.96 bits per heavy atom. The van der Waals surface area contributed by atoms with Crippen LogP contribution in [0.2, 0.25) is 0 Å². The summed E-state index contributed by atoms with van der Waals surface area (Å²) in [6.07, 6.45) is 3.82. The van der Waals surface area contributed by atoms with E-state index in [2.05, 4.69) is 10.1 Å². The molecule has 136 valence electrons. The summed E-state index contributed by atoms with van der Waals surface area (Å²) in [6, 6.07) is 5.40. The van der Waals surface area contributed by atoms with Crippen LogP contribution in [0.25, 0.3) is 10.2 Å². The van der Waals surface area contributed by atoms with E-state index in [4.69, 9.17) is 14.2 Å². The summed E-state index contributed by atoms with van der Waals surface area (Å²) in [7, 11) is 4.62. The summed E-state index contributed by atoms with van der Waals surface area (Å²) in [4.78, 5) is 18.8. The van der Waals surface area contributed by atoms with Gasteiger partial charge in [-0.1, -0.05) is 6.92 Å². The Morgan fingerprint density at radius 1 is 1.19 bits per heavy atom. The number of rotatable bonds is 6. The fraction of sp³-hybridized carbons (Fsp3) is 0.278. The van der Waals surface area contributed by atoms with E-state index >= 15 is 0 Å². The molecule has 1 aromatic carbocycles. The third-order valence-electron chi connectivity index (χ3n) is 3.89. The summed E-state index contributed by atoms with van der Waals surface area (Å²) < 4.78 is 17.3. The molecule has 3 rings (SSSR count). The average Bonchev–Trinajstić information content (AvgIpc) is 3.10. The second kappa shape index (κ2) is 7.57. The van der Waals surface area contributed by atoms with E-state index in [1.807, 2.05) is 13.0 Å². The Balaban J connectivity index is 2.04. The van der Waals surface area contributed by atoms with Crippen LogP contribution in [-0.4, -0.2) is 37.2 Å². The topological polar surface area (TPSA) is 74.9 Å². The molecular weight excluding hydrogens is 354 g/mol. The van der Waals surface area contributed by atoms with Crippen molar-refractivity contribution in [2.24, 2.45) is 5.10 Å². The zero-order chi connectivity index (χ0) is 18.7. The maximum absolute atomic E-state index is 12.6. The molecule has 0 saturated carbocycles. The number of methoxy groups -OCH3 is 3. The molecule has 0 aliphatic rings. The highest BCUT2D eigenvalue weighted by atomic mass is 32.1. The van der Waals surface area contributed by atoms with Gasteiger partial charge in [-0.15, -0.1) is 11.3 Å². The van der Waals surface area contributed by atoms with Crippen LogP contribution in [-0.2, 0) is 6.42 Å². The van der Waals surface area contributed by atoms with Crippen LogP contribution in [0.3, 0.4) is 0 Å². The van der Waals surface area contributed by atoms with E-state index in [0.717, 1.165) is 16.1 Å². The fourth-order valence-electron chi connectivity index (χ4n) is 2.57. The molecule has 0 amide bonds. The first-order valence-corrected chi connectivity index (χ1v) is 8.78. The minimum atomic E-state index is -0.207. The monoisotopic (exact) mass is 373 g/mol. The van der Waals surface area contributed by atoms with Crippen molar-refractivity contribution in [1.29, 1.82) is 0 Å². The smallest absolute Gasteiger partial charge is 0.282 e. The van der Waals surface area contributed by atoms with Crippen LogP contribution in [0.1, 0.15) is 17.4 Å². The summed E-state index contributed by atoms with van der Waals surface area (Å²) in [5.74, 6) is 1.49. The lowest BCUT2D eigenvalue weighted by Gasteiger charge is -2.13. The fourth-order valence-corrected chi connectivity index (χ4v) is 3.50. The molecule has 0 saturated heterocycles. The van der Waals surface area contributed by atoms with Crippen LogP contribution in [0, 0.1) is 0 Å². The highest BCUT2D eigenvalue weighted by Crippen LogP contribution is 2.39. The second-order valence-electron chi connectivity index (χ2n) is 5.35. The van der Waals surface area contributed by atoms with Gasteiger partial charge in [0.25, 0.3) is 5.56 Å². The first-order chi connectivity index (χ1) is 12.6. The van der Waals surface area contributed by atoms with Gasteiger partial charge >= 0.3 is 0 Å². The van der Waals surface area contributed by atoms with Gasteiger partial charge < -0.3 is 14.2 Å². The van der Waals surface area contributed by atoms with E-state index in [9.17, 15) is 4.79 Å². The van der Waals surface area contributed by atoms with Crippen LogP contribution in [0.4, 0.5) is 0 Å². The summed E-state index contributed by atoms with van der Waals surface area (Å²) in [6.45, 7) is 2.05. The molecule has 0 fully saturated rings. The maximum atomic E-state index is 12.6. The molecule has 7 nitrogen and oxygen atoms in total. The predicted octanol–water partition coefficient (Wildman–Crippen LogP) is 2.93. The lowest BCUT2D eigenvalue weighted by atomic mass is 10.2. The molecule has 0 aliphatic heterocycles. The quantitative estimate of drug-likeness (QED) is 0.621. The van der Waals surface area contributed by atoms with Crippen molar-refractivity contribution in [2.75, 3.05) is 21.3 Å². The molecular formula is C18H19N3O4S. The van der Waals surface area contributed by atoms with Gasteiger partial charge in [-0.05, 0) is 24.6 Å². The molecule has 8 heteroatoms. The molecule has 0 radical (unpaired) electrons. The van der Waals surface area contributed by atoms with Crippen molar-refractivity contribution in [3.05, 3.63) is 45.3 Å². The number of nitrogens with zero attached hydrogens (tertiary/aromatic N) is 3. The third-order valence-corrected chi connectivity index (χ3v) is 5.08. The largest absolute Gasteiger partial charge is 0.493 e. The van der Waals surface area contributed by atoms with Crippen LogP contribution < -0.4 is 19.8 Å². The van der Waals surface area contributed by atoms with Gasteiger partial charge in [0.1, 0.15) is 11.2 Å². The molecule has 26 heavy (non-hydrogen) atoms. The minimum Gasteiger partial charge on any atom is -0.493 e. The molecule has 0 spiro atoms. The Labute approximate surface area is 154 Å². The van der Waals surface area contributed by atoms with E-state index in [1.54, 1.807) is 19.2 Å². The minimum absolute atomic E-state index is 0.207. The summed E-state index contributed by atoms with van der Waals surface area (Å²) >= 11 is 1.52. The number of aromatic nitrogens is 2. The Hall–Kier alpha value is -2.87. The van der Waals surface area contributed by atoms with Gasteiger partial charge in [0, 0.05) is 10.4 Å². The molecule has 0 atom stereocenters. The normalized spacial score (nSPS) is 11.2. The van der Waals surface area contributed by atoms with Crippen molar-refractivity contribution >= 4 is 27.8 Å². The van der Waals surface area contributed by atoms with Crippen molar-refractivity contribution < 1.29 is 14.2 Å². The van der Waals surface area contributed by atoms with E-state index < -0.39 is 0 Å². The molecule has 0 N–H and O–H groups in total. The standard InChI is InChI=1S/C18H19N3O4S/c1-5-12-8-13-17(26-12)19-10-21(18(13)22)20-9-11-6-7-14(23-2)16(25-4)15(11)24-3/h6-10H,5H2,1-4H3/b20-9-. The van der Waals surface area contributed by atoms with Crippen LogP contribution >= 0.6 is 11.3 Å². The van der Waals surface area contributed by atoms with E-state index in [1.165, 1.54) is 42.8 Å². The zero-order valence-electron chi connectivity index (χ0n) is 15.0. The molecule has 2 aromatic heterocycles. The molecule has 0 bridgehead atoms. The Bertz CT molecular complexity index is 1020. The second-order valence-corrected chi connectivity index (χ2v) is 6.46. The van der Waals surface area contributed by atoms with Crippen molar-refractivity contribution in [3.63, 3.8) is 0 Å². The number of aryl methyl sites for hydroxylation is 1. The first-order valence-electron chi connectivity index (χ1n) is 7.96. The van der Waals surface area contributed by atoms with Gasteiger partial charge in [-0.25, -0.2) is 4.98 Å². The molecule has 0 aliphatic carbocycles. The highest BCUT2D eigenvalue weighted by molar-refractivity contribution is 7.18. The molecule has 3 aromatic rings. The first kappa shape index (κ1) is 17.9. The predicted molar refractivity (Wildman–Crippen MR) is 102 cm³/mol. The van der Waals surface area contributed by atoms with Crippen LogP contribution in [0.5, 0.6) is 17.2 Å². The van der Waals surface area contributed by atoms with Gasteiger partial charge in [0.05, 0.1) is 32.9 Å². The van der Waals surface area contributed by atoms with Gasteiger partial charge in [-0.2, -0.15) is 9.78 Å². The lowest BCUT2D eigenvalue weighted by Crippen LogP contribution is -2.16. The number of hydrogen-bond acceptors (Lipinski definition) is 7. The summed E-state index contributed by atoms with van der Waals surface area (Å²) in [5, 5.41) is 4.82. The molecule has 2 heterocycles. The highest BCUT2D eigenvalue weighted by Gasteiger charge is 2.15. The van der Waals surface area contributed by atoms with Gasteiger partial charge in [-0.3, -0.25) is 4.79 Å². The Kier molecular flexibility index (Phi) is 5.22. The van der Waals surface area contributed by atoms with Gasteiger partial charge in [0.2, 0.25) is 5.75 Å². The van der Waals surface area contributed by atoms with Crippen molar-refractivity contribution in [3.8, 4) is 17.2 Å². The SMILES string of the molecule is CCc1cc2c(=O)n(/N=C\c3ccc(OC)c(OC)c3OC)cnc2s1. The van der Waals surface area contributed by atoms with Crippen molar-refractivity contribution in [2.45, 2.75) is 13.3 Å². The molecule has 0 unspecified atom stereocenters.